The van der Waals surface area contributed by atoms with Crippen LogP contribution < -0.4 is 4.90 Å². The summed E-state index contributed by atoms with van der Waals surface area (Å²) in [7, 11) is 4.07. The summed E-state index contributed by atoms with van der Waals surface area (Å²) < 4.78 is 0. The summed E-state index contributed by atoms with van der Waals surface area (Å²) in [6, 6.07) is 16.1. The summed E-state index contributed by atoms with van der Waals surface area (Å²) in [4.78, 5) is 13.6. The second-order valence-electron chi connectivity index (χ2n) is 4.87. The van der Waals surface area contributed by atoms with E-state index >= 15 is 0 Å². The van der Waals surface area contributed by atoms with Crippen LogP contribution in [-0.4, -0.2) is 20.4 Å². The van der Waals surface area contributed by atoms with E-state index in [1.165, 1.54) is 0 Å². The number of carbonyl (C=O) groups is 1. The van der Waals surface area contributed by atoms with Crippen molar-refractivity contribution in [3.63, 3.8) is 0 Å². The fourth-order valence-corrected chi connectivity index (χ4v) is 2.75. The third kappa shape index (κ3) is 1.68. The number of benzene rings is 3. The molecule has 0 fully saturated rings. The molecule has 0 saturated carbocycles. The van der Waals surface area contributed by atoms with Gasteiger partial charge >= 0.3 is 0 Å². The third-order valence-corrected chi connectivity index (χ3v) is 3.51. The van der Waals surface area contributed by atoms with Crippen LogP contribution in [0.25, 0.3) is 21.5 Å². The minimum Gasteiger partial charge on any atom is -0.377 e. The highest BCUT2D eigenvalue weighted by Gasteiger charge is 2.13. The number of hydrogen-bond donors (Lipinski definition) is 0. The van der Waals surface area contributed by atoms with Crippen molar-refractivity contribution < 1.29 is 4.79 Å². The van der Waals surface area contributed by atoms with Crippen molar-refractivity contribution in [3.8, 4) is 0 Å². The molecule has 3 aromatic rings. The Hall–Kier alpha value is -2.35. The monoisotopic (exact) mass is 249 g/mol. The molecule has 19 heavy (non-hydrogen) atoms. The van der Waals surface area contributed by atoms with Crippen LogP contribution in [0.2, 0.25) is 0 Å². The summed E-state index contributed by atoms with van der Waals surface area (Å²) in [6.07, 6.45) is 0.962. The molecule has 0 radical (unpaired) electrons. The van der Waals surface area contributed by atoms with E-state index in [4.69, 9.17) is 0 Å². The van der Waals surface area contributed by atoms with E-state index in [0.29, 0.717) is 0 Å². The second-order valence-corrected chi connectivity index (χ2v) is 4.87. The molecule has 0 saturated heterocycles. The minimum absolute atomic E-state index is 0.775. The van der Waals surface area contributed by atoms with Crippen molar-refractivity contribution in [1.29, 1.82) is 0 Å². The van der Waals surface area contributed by atoms with Gasteiger partial charge in [-0.05, 0) is 10.8 Å². The molecule has 2 heteroatoms. The molecule has 0 unspecified atom stereocenters. The normalized spacial score (nSPS) is 10.8. The SMILES string of the molecule is CN(C)c1c2ccccc2c(C=O)c2ccccc12. The summed E-state index contributed by atoms with van der Waals surface area (Å²) in [5.41, 5.74) is 1.94. The maximum atomic E-state index is 11.5. The molecule has 0 aliphatic heterocycles. The molecule has 0 aromatic heterocycles. The lowest BCUT2D eigenvalue weighted by molar-refractivity contribution is 0.112. The fourth-order valence-electron chi connectivity index (χ4n) is 2.75. The van der Waals surface area contributed by atoms with E-state index in [9.17, 15) is 4.79 Å². The average molecular weight is 249 g/mol. The Morgan fingerprint density at radius 3 is 1.58 bits per heavy atom. The number of fused-ring (bicyclic) bond motifs is 2. The summed E-state index contributed by atoms with van der Waals surface area (Å²) in [5.74, 6) is 0. The molecule has 0 heterocycles. The highest BCUT2D eigenvalue weighted by molar-refractivity contribution is 6.19. The van der Waals surface area contributed by atoms with Crippen molar-refractivity contribution in [2.45, 2.75) is 0 Å². The van der Waals surface area contributed by atoms with Gasteiger partial charge in [-0.15, -0.1) is 0 Å². The van der Waals surface area contributed by atoms with Crippen LogP contribution in [-0.2, 0) is 0 Å². The Labute approximate surface area is 112 Å². The van der Waals surface area contributed by atoms with Gasteiger partial charge in [0.05, 0.1) is 5.69 Å². The van der Waals surface area contributed by atoms with Gasteiger partial charge in [0.25, 0.3) is 0 Å². The number of hydrogen-bond acceptors (Lipinski definition) is 2. The molecule has 3 aromatic carbocycles. The van der Waals surface area contributed by atoms with Crippen LogP contribution in [0.1, 0.15) is 10.4 Å². The maximum absolute atomic E-state index is 11.5. The maximum Gasteiger partial charge on any atom is 0.151 e. The Kier molecular flexibility index (Phi) is 2.71. The van der Waals surface area contributed by atoms with E-state index in [-0.39, 0.29) is 0 Å². The smallest absolute Gasteiger partial charge is 0.151 e. The lowest BCUT2D eigenvalue weighted by Crippen LogP contribution is -2.10. The molecule has 0 bridgehead atoms. The fraction of sp³-hybridized carbons (Fsp3) is 0.118. The van der Waals surface area contributed by atoms with Crippen LogP contribution in [0, 0.1) is 0 Å². The minimum atomic E-state index is 0.775. The van der Waals surface area contributed by atoms with Gasteiger partial charge in [0.15, 0.2) is 6.29 Å². The van der Waals surface area contributed by atoms with Crippen LogP contribution >= 0.6 is 0 Å². The molecule has 2 nitrogen and oxygen atoms in total. The van der Waals surface area contributed by atoms with Gasteiger partial charge in [0, 0.05) is 30.4 Å². The quantitative estimate of drug-likeness (QED) is 0.507. The molecule has 3 rings (SSSR count). The largest absolute Gasteiger partial charge is 0.377 e. The highest BCUT2D eigenvalue weighted by atomic mass is 16.1. The lowest BCUT2D eigenvalue weighted by atomic mass is 9.95. The first-order valence-corrected chi connectivity index (χ1v) is 6.30. The second kappa shape index (κ2) is 4.39. The Bertz CT molecular complexity index is 718. The molecule has 0 amide bonds. The predicted molar refractivity (Wildman–Crippen MR) is 81.2 cm³/mol. The molecule has 0 atom stereocenters. The van der Waals surface area contributed by atoms with Gasteiger partial charge in [-0.2, -0.15) is 0 Å². The van der Waals surface area contributed by atoms with Crippen LogP contribution in [0.3, 0.4) is 0 Å². The van der Waals surface area contributed by atoms with Gasteiger partial charge in [0.1, 0.15) is 0 Å². The van der Waals surface area contributed by atoms with Crippen molar-refractivity contribution in [2.75, 3.05) is 19.0 Å². The van der Waals surface area contributed by atoms with Gasteiger partial charge in [-0.1, -0.05) is 48.5 Å². The zero-order chi connectivity index (χ0) is 13.4. The Morgan fingerprint density at radius 1 is 0.789 bits per heavy atom. The molecular weight excluding hydrogens is 234 g/mol. The summed E-state index contributed by atoms with van der Waals surface area (Å²) in [5, 5.41) is 4.27. The Balaban J connectivity index is 2.65. The zero-order valence-corrected chi connectivity index (χ0v) is 11.1. The molecule has 0 aliphatic rings. The summed E-state index contributed by atoms with van der Waals surface area (Å²) >= 11 is 0. The van der Waals surface area contributed by atoms with Crippen LogP contribution in [0.15, 0.2) is 48.5 Å². The van der Waals surface area contributed by atoms with Gasteiger partial charge in [-0.25, -0.2) is 0 Å². The molecular formula is C17H15NO. The van der Waals surface area contributed by atoms with Crippen molar-refractivity contribution in [3.05, 3.63) is 54.1 Å². The first kappa shape index (κ1) is 11.7. The first-order valence-electron chi connectivity index (χ1n) is 6.30. The Morgan fingerprint density at radius 2 is 1.21 bits per heavy atom. The van der Waals surface area contributed by atoms with Crippen molar-refractivity contribution >= 4 is 33.5 Å². The van der Waals surface area contributed by atoms with Gasteiger partial charge in [0.2, 0.25) is 0 Å². The number of nitrogens with zero attached hydrogens (tertiary/aromatic N) is 1. The number of carbonyl (C=O) groups excluding carboxylic acids is 1. The standard InChI is InChI=1S/C17H15NO/c1-18(2)17-14-9-5-3-7-12(14)16(11-19)13-8-4-6-10-15(13)17/h3-11H,1-2H3. The molecule has 0 aliphatic carbocycles. The molecule has 0 N–H and O–H groups in total. The van der Waals surface area contributed by atoms with E-state index in [1.54, 1.807) is 0 Å². The van der Waals surface area contributed by atoms with E-state index in [2.05, 4.69) is 17.0 Å². The summed E-state index contributed by atoms with van der Waals surface area (Å²) in [6.45, 7) is 0. The van der Waals surface area contributed by atoms with Gasteiger partial charge < -0.3 is 4.90 Å². The van der Waals surface area contributed by atoms with E-state index in [0.717, 1.165) is 39.1 Å². The number of rotatable bonds is 2. The topological polar surface area (TPSA) is 20.3 Å². The third-order valence-electron chi connectivity index (χ3n) is 3.51. The van der Waals surface area contributed by atoms with E-state index < -0.39 is 0 Å². The van der Waals surface area contributed by atoms with Crippen molar-refractivity contribution in [1.82, 2.24) is 0 Å². The number of anilines is 1. The highest BCUT2D eigenvalue weighted by Crippen LogP contribution is 2.37. The van der Waals surface area contributed by atoms with Crippen molar-refractivity contribution in [2.24, 2.45) is 0 Å². The predicted octanol–water partition coefficient (Wildman–Crippen LogP) is 3.87. The molecule has 94 valence electrons. The van der Waals surface area contributed by atoms with Crippen LogP contribution in [0.5, 0.6) is 0 Å². The van der Waals surface area contributed by atoms with E-state index in [1.807, 2.05) is 50.5 Å². The number of aldehydes is 1. The lowest BCUT2D eigenvalue weighted by Gasteiger charge is -2.20. The zero-order valence-electron chi connectivity index (χ0n) is 11.1. The first-order chi connectivity index (χ1) is 9.24. The average Bonchev–Trinajstić information content (AvgIpc) is 2.44. The molecule has 0 spiro atoms. The van der Waals surface area contributed by atoms with Gasteiger partial charge in [-0.3, -0.25) is 4.79 Å². The van der Waals surface area contributed by atoms with Crippen LogP contribution in [0.4, 0.5) is 5.69 Å².